The molecule has 1 aliphatic heterocycles. The van der Waals surface area contributed by atoms with E-state index in [1.165, 1.54) is 0 Å². The van der Waals surface area contributed by atoms with Crippen LogP contribution >= 0.6 is 0 Å². The second kappa shape index (κ2) is 13.5. The van der Waals surface area contributed by atoms with Gasteiger partial charge in [0.2, 0.25) is 23.6 Å². The van der Waals surface area contributed by atoms with Crippen molar-refractivity contribution in [3.8, 4) is 0 Å². The van der Waals surface area contributed by atoms with Crippen LogP contribution in [0.2, 0.25) is 0 Å². The zero-order valence-electron chi connectivity index (χ0n) is 17.3. The quantitative estimate of drug-likeness (QED) is 0.123. The fraction of sp³-hybridized carbons (Fsp3) is 0.722. The highest BCUT2D eigenvalue weighted by atomic mass is 16.4. The topological polar surface area (TPSA) is 226 Å². The molecule has 1 rings (SSSR count). The Kier molecular flexibility index (Phi) is 11.5. The zero-order valence-corrected chi connectivity index (χ0v) is 17.3. The van der Waals surface area contributed by atoms with Gasteiger partial charge >= 0.3 is 5.97 Å². The van der Waals surface area contributed by atoms with Crippen molar-refractivity contribution < 1.29 is 34.2 Å². The second-order valence-electron chi connectivity index (χ2n) is 7.31. The van der Waals surface area contributed by atoms with E-state index in [9.17, 15) is 29.1 Å². The normalized spacial score (nSPS) is 18.5. The molecule has 0 bridgehead atoms. The van der Waals surface area contributed by atoms with Crippen molar-refractivity contribution in [3.05, 3.63) is 0 Å². The van der Waals surface area contributed by atoms with Crippen molar-refractivity contribution in [1.29, 1.82) is 0 Å². The largest absolute Gasteiger partial charge is 0.480 e. The molecule has 0 spiro atoms. The Balaban J connectivity index is 2.81. The molecular formula is C18H32N6O7. The zero-order chi connectivity index (χ0) is 23.4. The summed E-state index contributed by atoms with van der Waals surface area (Å²) in [6, 6.07) is -4.47. The number of aliphatic hydroxyl groups excluding tert-OH is 1. The van der Waals surface area contributed by atoms with Gasteiger partial charge < -0.3 is 42.9 Å². The second-order valence-corrected chi connectivity index (χ2v) is 7.31. The van der Waals surface area contributed by atoms with Gasteiger partial charge in [-0.3, -0.25) is 19.2 Å². The van der Waals surface area contributed by atoms with Crippen LogP contribution in [0.4, 0.5) is 0 Å². The molecule has 4 unspecified atom stereocenters. The van der Waals surface area contributed by atoms with Gasteiger partial charge in [-0.2, -0.15) is 0 Å². The van der Waals surface area contributed by atoms with Gasteiger partial charge in [-0.05, 0) is 45.2 Å². The minimum atomic E-state index is -1.55. The number of unbranched alkanes of at least 4 members (excludes halogenated alkanes) is 1. The molecule has 1 saturated heterocycles. The van der Waals surface area contributed by atoms with Crippen LogP contribution in [0.3, 0.4) is 0 Å². The third kappa shape index (κ3) is 9.27. The Bertz CT molecular complexity index is 653. The van der Waals surface area contributed by atoms with Crippen molar-refractivity contribution in [2.75, 3.05) is 19.7 Å². The fourth-order valence-electron chi connectivity index (χ4n) is 3.08. The molecule has 1 aliphatic rings. The van der Waals surface area contributed by atoms with E-state index in [4.69, 9.17) is 16.6 Å². The van der Waals surface area contributed by atoms with Gasteiger partial charge in [0.05, 0.1) is 19.1 Å². The van der Waals surface area contributed by atoms with Gasteiger partial charge in [0.15, 0.2) is 0 Å². The van der Waals surface area contributed by atoms with Crippen molar-refractivity contribution >= 4 is 29.6 Å². The highest BCUT2D eigenvalue weighted by molar-refractivity contribution is 5.95. The number of rotatable bonds is 14. The van der Waals surface area contributed by atoms with Gasteiger partial charge in [-0.1, -0.05) is 0 Å². The molecule has 0 aromatic carbocycles. The van der Waals surface area contributed by atoms with E-state index in [0.717, 1.165) is 6.42 Å². The molecule has 13 nitrogen and oxygen atoms in total. The summed E-state index contributed by atoms with van der Waals surface area (Å²) < 4.78 is 0. The number of primary amides is 1. The number of carboxylic acids is 1. The van der Waals surface area contributed by atoms with E-state index in [1.807, 2.05) is 0 Å². The van der Waals surface area contributed by atoms with Crippen LogP contribution in [-0.4, -0.2) is 83.7 Å². The highest BCUT2D eigenvalue weighted by Gasteiger charge is 2.31. The fourth-order valence-corrected chi connectivity index (χ4v) is 3.08. The summed E-state index contributed by atoms with van der Waals surface area (Å²) in [5.41, 5.74) is 10.5. The van der Waals surface area contributed by atoms with Crippen LogP contribution < -0.4 is 32.7 Å². The molecular weight excluding hydrogens is 412 g/mol. The van der Waals surface area contributed by atoms with Crippen molar-refractivity contribution in [2.45, 2.75) is 62.7 Å². The minimum Gasteiger partial charge on any atom is -0.480 e. The molecule has 31 heavy (non-hydrogen) atoms. The molecule has 1 fully saturated rings. The first-order chi connectivity index (χ1) is 14.7. The number of carboxylic acid groups (broad SMARTS) is 1. The predicted molar refractivity (Wildman–Crippen MR) is 108 cm³/mol. The number of amides is 4. The van der Waals surface area contributed by atoms with Crippen LogP contribution in [0, 0.1) is 0 Å². The average Bonchev–Trinajstić information content (AvgIpc) is 3.25. The molecule has 4 amide bonds. The van der Waals surface area contributed by atoms with Crippen LogP contribution in [0.15, 0.2) is 0 Å². The predicted octanol–water partition coefficient (Wildman–Crippen LogP) is -3.73. The smallest absolute Gasteiger partial charge is 0.326 e. The van der Waals surface area contributed by atoms with Crippen LogP contribution in [-0.2, 0) is 24.0 Å². The van der Waals surface area contributed by atoms with Crippen LogP contribution in [0.1, 0.15) is 38.5 Å². The Morgan fingerprint density at radius 3 is 2.16 bits per heavy atom. The molecule has 0 aromatic heterocycles. The summed E-state index contributed by atoms with van der Waals surface area (Å²) in [4.78, 5) is 59.7. The lowest BCUT2D eigenvalue weighted by Crippen LogP contribution is -2.58. The lowest BCUT2D eigenvalue weighted by Gasteiger charge is -2.24. The first-order valence-corrected chi connectivity index (χ1v) is 10.2. The Hall–Kier alpha value is -2.77. The molecule has 1 heterocycles. The van der Waals surface area contributed by atoms with Gasteiger partial charge in [0, 0.05) is 0 Å². The van der Waals surface area contributed by atoms with Gasteiger partial charge in [-0.15, -0.1) is 0 Å². The molecule has 4 atom stereocenters. The SMILES string of the molecule is NCCCCC(NC(=O)C(CO)NC(=O)C1CCCN1)C(=O)NC(CC(N)=O)C(=O)O. The molecule has 0 saturated carbocycles. The molecule has 10 N–H and O–H groups in total. The monoisotopic (exact) mass is 444 g/mol. The van der Waals surface area contributed by atoms with E-state index in [-0.39, 0.29) is 6.42 Å². The number of nitrogens with two attached hydrogens (primary N) is 2. The lowest BCUT2D eigenvalue weighted by molar-refractivity contribution is -0.143. The molecule has 13 heteroatoms. The maximum absolute atomic E-state index is 12.6. The number of aliphatic hydroxyl groups is 1. The summed E-state index contributed by atoms with van der Waals surface area (Å²) in [7, 11) is 0. The van der Waals surface area contributed by atoms with Crippen LogP contribution in [0.5, 0.6) is 0 Å². The number of carbonyl (C=O) groups is 5. The Labute approximate surface area is 179 Å². The van der Waals surface area contributed by atoms with E-state index in [0.29, 0.717) is 32.4 Å². The number of hydrogen-bond donors (Lipinski definition) is 8. The number of hydrogen-bond acceptors (Lipinski definition) is 8. The minimum absolute atomic E-state index is 0.133. The molecule has 0 radical (unpaired) electrons. The van der Waals surface area contributed by atoms with Crippen molar-refractivity contribution in [3.63, 3.8) is 0 Å². The van der Waals surface area contributed by atoms with Crippen molar-refractivity contribution in [2.24, 2.45) is 11.5 Å². The third-order valence-electron chi connectivity index (χ3n) is 4.79. The molecule has 176 valence electrons. The average molecular weight is 444 g/mol. The summed E-state index contributed by atoms with van der Waals surface area (Å²) in [6.07, 6.45) is 1.93. The van der Waals surface area contributed by atoms with Gasteiger partial charge in [0.25, 0.3) is 0 Å². The number of aliphatic carboxylic acids is 1. The van der Waals surface area contributed by atoms with E-state index >= 15 is 0 Å². The highest BCUT2D eigenvalue weighted by Crippen LogP contribution is 2.06. The van der Waals surface area contributed by atoms with Crippen molar-refractivity contribution in [1.82, 2.24) is 21.3 Å². The maximum atomic E-state index is 12.6. The van der Waals surface area contributed by atoms with E-state index in [1.54, 1.807) is 0 Å². The first-order valence-electron chi connectivity index (χ1n) is 10.2. The summed E-state index contributed by atoms with van der Waals surface area (Å²) in [5, 5.41) is 28.7. The third-order valence-corrected chi connectivity index (χ3v) is 4.79. The molecule has 0 aromatic rings. The van der Waals surface area contributed by atoms with E-state index in [2.05, 4.69) is 21.3 Å². The van der Waals surface area contributed by atoms with Crippen LogP contribution in [0.25, 0.3) is 0 Å². The maximum Gasteiger partial charge on any atom is 0.326 e. The Morgan fingerprint density at radius 2 is 1.65 bits per heavy atom. The Morgan fingerprint density at radius 1 is 1.00 bits per heavy atom. The van der Waals surface area contributed by atoms with E-state index < -0.39 is 66.8 Å². The molecule has 0 aliphatic carbocycles. The summed E-state index contributed by atoms with van der Waals surface area (Å²) in [6.45, 7) is 0.333. The standard InChI is InChI=1S/C18H32N6O7/c19-6-2-1-4-11(16(28)23-12(18(30)31)8-14(20)26)22-17(29)13(9-25)24-15(27)10-5-3-7-21-10/h10-13,21,25H,1-9,19H2,(H2,20,26)(H,22,29)(H,23,28)(H,24,27)(H,30,31). The number of carbonyl (C=O) groups excluding carboxylic acids is 4. The van der Waals surface area contributed by atoms with Gasteiger partial charge in [-0.25, -0.2) is 4.79 Å². The summed E-state index contributed by atoms with van der Waals surface area (Å²) >= 11 is 0. The van der Waals surface area contributed by atoms with Gasteiger partial charge in [0.1, 0.15) is 18.1 Å². The first kappa shape index (κ1) is 26.3. The summed E-state index contributed by atoms with van der Waals surface area (Å²) in [5.74, 6) is -4.45. The number of nitrogens with one attached hydrogen (secondary N) is 4. The lowest BCUT2D eigenvalue weighted by atomic mass is 10.1.